The van der Waals surface area contributed by atoms with E-state index in [0.29, 0.717) is 11.3 Å². The summed E-state index contributed by atoms with van der Waals surface area (Å²) in [6, 6.07) is 8.98. The Kier molecular flexibility index (Phi) is 3.88. The van der Waals surface area contributed by atoms with Crippen molar-refractivity contribution in [3.05, 3.63) is 53.5 Å². The number of rotatable bonds is 3. The monoisotopic (exact) mass is 275 g/mol. The van der Waals surface area contributed by atoms with Crippen molar-refractivity contribution in [2.24, 2.45) is 0 Å². The molecule has 4 nitrogen and oxygen atoms in total. The number of hydrogen-bond donors (Lipinski definition) is 1. The Morgan fingerprint density at radius 3 is 2.89 bits per heavy atom. The molecular formula is C13H10FN3OS. The lowest BCUT2D eigenvalue weighted by Crippen LogP contribution is -2.03. The van der Waals surface area contributed by atoms with Gasteiger partial charge in [0.15, 0.2) is 0 Å². The fraction of sp³-hybridized carbons (Fsp3) is 0.0769. The third-order valence-corrected chi connectivity index (χ3v) is 3.77. The van der Waals surface area contributed by atoms with Gasteiger partial charge in [0.05, 0.1) is 33.9 Å². The molecule has 96 valence electrons. The summed E-state index contributed by atoms with van der Waals surface area (Å²) in [4.78, 5) is 3.96. The molecule has 0 saturated carbocycles. The number of nitrogens with zero attached hydrogens (tertiary/aromatic N) is 2. The number of anilines is 1. The van der Waals surface area contributed by atoms with Gasteiger partial charge in [0, 0.05) is 6.20 Å². The van der Waals surface area contributed by atoms with Gasteiger partial charge in [0.1, 0.15) is 10.8 Å². The van der Waals surface area contributed by atoms with E-state index >= 15 is 0 Å². The number of halogens is 1. The van der Waals surface area contributed by atoms with E-state index < -0.39 is 16.6 Å². The number of aromatic nitrogens is 1. The van der Waals surface area contributed by atoms with Crippen LogP contribution in [0.2, 0.25) is 0 Å². The smallest absolute Gasteiger partial charge is 0.150 e. The molecule has 0 aliphatic rings. The molecule has 0 aliphatic heterocycles. The third kappa shape index (κ3) is 3.14. The van der Waals surface area contributed by atoms with Crippen LogP contribution in [-0.4, -0.2) is 9.19 Å². The first-order valence-electron chi connectivity index (χ1n) is 5.38. The Labute approximate surface area is 112 Å². The van der Waals surface area contributed by atoms with Crippen LogP contribution in [0.3, 0.4) is 0 Å². The molecule has 1 aromatic carbocycles. The molecule has 1 heterocycles. The van der Waals surface area contributed by atoms with Gasteiger partial charge in [-0.25, -0.2) is 9.37 Å². The van der Waals surface area contributed by atoms with Crippen LogP contribution in [0.25, 0.3) is 0 Å². The Bertz CT molecular complexity index is 682. The van der Waals surface area contributed by atoms with Crippen LogP contribution in [0.5, 0.6) is 0 Å². The van der Waals surface area contributed by atoms with Crippen LogP contribution >= 0.6 is 0 Å². The summed E-state index contributed by atoms with van der Waals surface area (Å²) >= 11 is 0. The van der Waals surface area contributed by atoms with Crippen molar-refractivity contribution in [2.45, 2.75) is 10.8 Å². The minimum absolute atomic E-state index is 0.0631. The van der Waals surface area contributed by atoms with Gasteiger partial charge in [-0.2, -0.15) is 5.26 Å². The summed E-state index contributed by atoms with van der Waals surface area (Å²) in [5.74, 6) is -0.465. The molecule has 1 atom stereocenters. The minimum atomic E-state index is -1.48. The van der Waals surface area contributed by atoms with Crippen molar-refractivity contribution >= 4 is 16.5 Å². The van der Waals surface area contributed by atoms with Gasteiger partial charge in [0.25, 0.3) is 0 Å². The predicted molar refractivity (Wildman–Crippen MR) is 69.9 cm³/mol. The molecule has 0 radical (unpaired) electrons. The molecule has 0 saturated heterocycles. The van der Waals surface area contributed by atoms with E-state index in [9.17, 15) is 8.60 Å². The Morgan fingerprint density at radius 2 is 2.21 bits per heavy atom. The van der Waals surface area contributed by atoms with Crippen LogP contribution in [0.1, 0.15) is 11.1 Å². The predicted octanol–water partition coefficient (Wildman–Crippen LogP) is 1.98. The number of nitriles is 1. The molecule has 1 aromatic heterocycles. The second-order valence-corrected chi connectivity index (χ2v) is 5.21. The van der Waals surface area contributed by atoms with Gasteiger partial charge in [-0.15, -0.1) is 0 Å². The SMILES string of the molecule is N#Cc1cc(F)cc(CS(=O)c2ncccc2N)c1. The fourth-order valence-corrected chi connectivity index (χ4v) is 2.73. The van der Waals surface area contributed by atoms with Gasteiger partial charge in [0.2, 0.25) is 0 Å². The van der Waals surface area contributed by atoms with Gasteiger partial charge in [-0.1, -0.05) is 0 Å². The number of nitrogen functional groups attached to an aromatic ring is 1. The lowest BCUT2D eigenvalue weighted by molar-refractivity contribution is 0.625. The molecule has 2 rings (SSSR count). The van der Waals surface area contributed by atoms with Crippen LogP contribution in [0.15, 0.2) is 41.6 Å². The first kappa shape index (κ1) is 13.2. The summed E-state index contributed by atoms with van der Waals surface area (Å²) < 4.78 is 25.4. The van der Waals surface area contributed by atoms with Crippen molar-refractivity contribution in [1.82, 2.24) is 4.98 Å². The minimum Gasteiger partial charge on any atom is -0.396 e. The van der Waals surface area contributed by atoms with Crippen molar-refractivity contribution in [3.8, 4) is 6.07 Å². The molecule has 2 aromatic rings. The summed E-state index contributed by atoms with van der Waals surface area (Å²) in [5.41, 5.74) is 6.68. The average molecular weight is 275 g/mol. The maximum Gasteiger partial charge on any atom is 0.150 e. The average Bonchev–Trinajstić information content (AvgIpc) is 2.38. The van der Waals surface area contributed by atoms with Gasteiger partial charge in [-0.3, -0.25) is 4.21 Å². The van der Waals surface area contributed by atoms with Gasteiger partial charge < -0.3 is 5.73 Å². The fourth-order valence-electron chi connectivity index (χ4n) is 1.61. The molecule has 19 heavy (non-hydrogen) atoms. The van der Waals surface area contributed by atoms with Crippen molar-refractivity contribution in [2.75, 3.05) is 5.73 Å². The largest absolute Gasteiger partial charge is 0.396 e. The highest BCUT2D eigenvalue weighted by Crippen LogP contribution is 2.17. The van der Waals surface area contributed by atoms with E-state index in [1.54, 1.807) is 12.1 Å². The van der Waals surface area contributed by atoms with Crippen LogP contribution in [-0.2, 0) is 16.6 Å². The van der Waals surface area contributed by atoms with Crippen molar-refractivity contribution in [3.63, 3.8) is 0 Å². The first-order chi connectivity index (χ1) is 9.10. The molecule has 0 fully saturated rings. The maximum atomic E-state index is 13.3. The van der Waals surface area contributed by atoms with Crippen LogP contribution in [0.4, 0.5) is 10.1 Å². The maximum absolute atomic E-state index is 13.3. The number of hydrogen-bond acceptors (Lipinski definition) is 4. The van der Waals surface area contributed by atoms with Gasteiger partial charge >= 0.3 is 0 Å². The second-order valence-electron chi connectivity index (χ2n) is 3.85. The van der Waals surface area contributed by atoms with Gasteiger partial charge in [-0.05, 0) is 35.9 Å². The summed E-state index contributed by atoms with van der Waals surface area (Å²) in [7, 11) is -1.48. The zero-order chi connectivity index (χ0) is 13.8. The lowest BCUT2D eigenvalue weighted by atomic mass is 10.1. The van der Waals surface area contributed by atoms with E-state index in [1.807, 2.05) is 6.07 Å². The molecule has 0 amide bonds. The first-order valence-corrected chi connectivity index (χ1v) is 6.70. The molecule has 1 unspecified atom stereocenters. The molecular weight excluding hydrogens is 265 g/mol. The van der Waals surface area contributed by atoms with Crippen molar-refractivity contribution < 1.29 is 8.60 Å². The van der Waals surface area contributed by atoms with E-state index in [1.165, 1.54) is 18.3 Å². The highest BCUT2D eigenvalue weighted by atomic mass is 32.2. The third-order valence-electron chi connectivity index (χ3n) is 2.40. The number of benzene rings is 1. The van der Waals surface area contributed by atoms with E-state index in [0.717, 1.165) is 6.07 Å². The Hall–Kier alpha value is -2.26. The summed E-state index contributed by atoms with van der Waals surface area (Å²) in [6.45, 7) is 0. The van der Waals surface area contributed by atoms with Crippen LogP contribution < -0.4 is 5.73 Å². The van der Waals surface area contributed by atoms with E-state index in [-0.39, 0.29) is 16.3 Å². The van der Waals surface area contributed by atoms with E-state index in [2.05, 4.69) is 4.98 Å². The van der Waals surface area contributed by atoms with E-state index in [4.69, 9.17) is 11.0 Å². The molecule has 0 aliphatic carbocycles. The lowest BCUT2D eigenvalue weighted by Gasteiger charge is -2.05. The Morgan fingerprint density at radius 1 is 1.42 bits per heavy atom. The number of nitrogens with two attached hydrogens (primary N) is 1. The summed E-state index contributed by atoms with van der Waals surface area (Å²) in [6.07, 6.45) is 1.50. The highest BCUT2D eigenvalue weighted by Gasteiger charge is 2.11. The van der Waals surface area contributed by atoms with Crippen molar-refractivity contribution in [1.29, 1.82) is 5.26 Å². The zero-order valence-electron chi connectivity index (χ0n) is 9.84. The molecule has 6 heteroatoms. The second kappa shape index (κ2) is 5.59. The Balaban J connectivity index is 2.27. The topological polar surface area (TPSA) is 79.8 Å². The molecule has 0 spiro atoms. The number of pyridine rings is 1. The zero-order valence-corrected chi connectivity index (χ0v) is 10.7. The summed E-state index contributed by atoms with van der Waals surface area (Å²) in [5, 5.41) is 9.03. The molecule has 0 bridgehead atoms. The highest BCUT2D eigenvalue weighted by molar-refractivity contribution is 7.84. The molecule has 2 N–H and O–H groups in total. The standard InChI is InChI=1S/C13H10FN3OS/c14-11-5-9(7-15)4-10(6-11)8-19(18)13-12(16)2-1-3-17-13/h1-6H,8,16H2. The van der Waals surface area contributed by atoms with Crippen LogP contribution in [0, 0.1) is 17.1 Å². The quantitative estimate of drug-likeness (QED) is 0.928. The normalized spacial score (nSPS) is 11.8.